The zero-order valence-electron chi connectivity index (χ0n) is 44.1. The van der Waals surface area contributed by atoms with Crippen LogP contribution in [-0.2, 0) is 47.5 Å². The first-order valence-corrected chi connectivity index (χ1v) is 25.9. The number of carbonyl (C=O) groups excluding carboxylic acids is 1. The fourth-order valence-corrected chi connectivity index (χ4v) is 6.88. The van der Waals surface area contributed by atoms with E-state index in [0.717, 1.165) is 68.2 Å². The molecule has 8 aromatic rings. The van der Waals surface area contributed by atoms with Crippen molar-refractivity contribution in [2.75, 3.05) is 0 Å². The number of hydrogen-bond donors (Lipinski definition) is 2. The minimum Gasteiger partial charge on any atom is -0.399 e. The van der Waals surface area contributed by atoms with E-state index in [0.29, 0.717) is 48.8 Å². The van der Waals surface area contributed by atoms with Crippen molar-refractivity contribution in [1.82, 2.24) is 54.8 Å². The van der Waals surface area contributed by atoms with Gasteiger partial charge in [0, 0.05) is 64.9 Å². The number of nitrogens with zero attached hydrogens (tertiary/aromatic N) is 11. The molecule has 0 aliphatic carbocycles. The van der Waals surface area contributed by atoms with Gasteiger partial charge in [0.25, 0.3) is 0 Å². The molecule has 0 unspecified atom stereocenters. The Bertz CT molecular complexity index is 3310. The van der Waals surface area contributed by atoms with Gasteiger partial charge in [-0.05, 0) is 124 Å². The van der Waals surface area contributed by atoms with Gasteiger partial charge in [-0.25, -0.2) is 66.8 Å². The molecular weight excluding hydrogens is 1360 g/mol. The minimum atomic E-state index is -4.62. The SMILES string of the molecule is CC1(C)OB(c2cnc(C(F)(F)F)nc2)OC1(C)C.CCc1cc(-c2cnc(C(F)(F)F)nc2)ncc1F.Fc1ccc(Br)nc1.O=Cc1cc(Br)ncc1F.OCc1cc(-c2cnc(C(F)(F)F)nc2)ncc1F.OCc1cc(Br)ncc1F. The fourth-order valence-electron chi connectivity index (χ4n) is 5.92. The number of carbonyl (C=O) groups is 1. The summed E-state index contributed by atoms with van der Waals surface area (Å²) in [4.78, 5) is 47.8. The third-order valence-electron chi connectivity index (χ3n) is 11.0. The lowest BCUT2D eigenvalue weighted by Gasteiger charge is -2.32. The molecule has 0 saturated carbocycles. The van der Waals surface area contributed by atoms with Gasteiger partial charge in [0.05, 0.1) is 72.4 Å². The van der Waals surface area contributed by atoms with E-state index in [-0.39, 0.29) is 40.4 Å². The van der Waals surface area contributed by atoms with E-state index in [9.17, 15) is 66.3 Å². The summed E-state index contributed by atoms with van der Waals surface area (Å²) in [5.41, 5.74) is 0.975. The number of aldehydes is 1. The van der Waals surface area contributed by atoms with Gasteiger partial charge in [0.15, 0.2) is 12.1 Å². The normalized spacial score (nSPS) is 13.2. The van der Waals surface area contributed by atoms with Crippen molar-refractivity contribution in [3.05, 3.63) is 187 Å². The summed E-state index contributed by atoms with van der Waals surface area (Å²) in [7, 11) is -0.757. The maximum Gasteiger partial charge on any atom is 0.498 e. The van der Waals surface area contributed by atoms with E-state index < -0.39 is 84.2 Å². The number of halogens is 17. The Hall–Kier alpha value is -6.98. The first kappa shape index (κ1) is 70.5. The summed E-state index contributed by atoms with van der Waals surface area (Å²) < 4.78 is 187. The van der Waals surface area contributed by atoms with Crippen LogP contribution in [0, 0.1) is 29.1 Å². The molecule has 9 heterocycles. The molecule has 16 nitrogen and oxygen atoms in total. The summed E-state index contributed by atoms with van der Waals surface area (Å²) in [6.45, 7) is 8.37. The highest BCUT2D eigenvalue weighted by Gasteiger charge is 2.52. The average molecular weight is 1400 g/mol. The molecule has 452 valence electrons. The molecule has 0 amide bonds. The van der Waals surface area contributed by atoms with Crippen molar-refractivity contribution in [2.24, 2.45) is 0 Å². The Morgan fingerprint density at radius 2 is 0.847 bits per heavy atom. The van der Waals surface area contributed by atoms with Crippen LogP contribution in [0.2, 0.25) is 0 Å². The van der Waals surface area contributed by atoms with Crippen LogP contribution in [0.5, 0.6) is 0 Å². The van der Waals surface area contributed by atoms with Gasteiger partial charge in [-0.2, -0.15) is 39.5 Å². The standard InChI is InChI=1S/C12H9F4N3.C11H14BF3N2O2.C11H7F4N3O.C6H5BrFNO.C6H3BrFNO.C5H3BrFN/c1-2-7-3-10(17-6-9(7)13)8-4-18-11(19-5-8)12(14,15)16;1-9(2)10(3,4)19-12(18-9)7-5-16-8(17-6-7)11(13,14)15;12-8-4-16-9(1-6(8)5-19)7-2-17-10(18-3-7)11(13,14)15;2*7-6-1-4(3-10)5(8)2-9-6;6-5-2-1-4(7)3-8-5/h3-6H,2H2,1H3;5-6H,1-4H3;1-4,19H,5H2;1-2,10H,3H2;1-3H;1-3H. The second kappa shape index (κ2) is 30.9. The van der Waals surface area contributed by atoms with Crippen LogP contribution in [0.1, 0.15) is 79.1 Å². The number of aliphatic hydroxyl groups excluding tert-OH is 2. The van der Waals surface area contributed by atoms with Crippen LogP contribution in [0.3, 0.4) is 0 Å². The predicted octanol–water partition coefficient (Wildman–Crippen LogP) is 12.5. The Labute approximate surface area is 498 Å². The van der Waals surface area contributed by atoms with Gasteiger partial charge < -0.3 is 19.5 Å². The largest absolute Gasteiger partial charge is 0.498 e. The second-order valence-electron chi connectivity index (χ2n) is 17.5. The summed E-state index contributed by atoms with van der Waals surface area (Å²) in [6.07, 6.45) is -1.62. The fraction of sp³-hybridized carbons (Fsp3) is 0.255. The molecule has 0 aromatic carbocycles. The number of aromatic nitrogens is 11. The van der Waals surface area contributed by atoms with Gasteiger partial charge in [-0.1, -0.05) is 6.92 Å². The quantitative estimate of drug-likeness (QED) is 0.0656. The first-order valence-electron chi connectivity index (χ1n) is 23.5. The van der Waals surface area contributed by atoms with Crippen molar-refractivity contribution < 1.29 is 85.8 Å². The van der Waals surface area contributed by atoms with Crippen molar-refractivity contribution >= 4 is 66.7 Å². The van der Waals surface area contributed by atoms with Crippen molar-refractivity contribution in [3.8, 4) is 22.5 Å². The summed E-state index contributed by atoms with van der Waals surface area (Å²) in [5, 5.41) is 17.4. The lowest BCUT2D eigenvalue weighted by atomic mass is 9.81. The van der Waals surface area contributed by atoms with E-state index in [1.807, 2.05) is 27.7 Å². The number of rotatable bonds is 7. The van der Waals surface area contributed by atoms with Crippen LogP contribution < -0.4 is 5.46 Å². The summed E-state index contributed by atoms with van der Waals surface area (Å²) in [5.74, 6) is -6.18. The molecule has 1 aliphatic heterocycles. The molecule has 0 bridgehead atoms. The highest BCUT2D eigenvalue weighted by molar-refractivity contribution is 9.11. The smallest absolute Gasteiger partial charge is 0.399 e. The Morgan fingerprint density at radius 1 is 0.482 bits per heavy atom. The molecule has 1 aliphatic rings. The highest BCUT2D eigenvalue weighted by Crippen LogP contribution is 2.37. The number of pyridine rings is 5. The van der Waals surface area contributed by atoms with Crippen molar-refractivity contribution in [3.63, 3.8) is 0 Å². The molecule has 0 radical (unpaired) electrons. The van der Waals surface area contributed by atoms with E-state index in [2.05, 4.69) is 103 Å². The zero-order chi connectivity index (χ0) is 63.7. The average Bonchev–Trinajstić information content (AvgIpc) is 2.25. The molecule has 8 aromatic heterocycles. The molecule has 0 atom stereocenters. The van der Waals surface area contributed by atoms with E-state index in [1.54, 1.807) is 13.0 Å². The van der Waals surface area contributed by atoms with Gasteiger partial charge in [0.2, 0.25) is 17.5 Å². The van der Waals surface area contributed by atoms with Crippen LogP contribution >= 0.6 is 47.8 Å². The topological polar surface area (TPSA) is 218 Å². The van der Waals surface area contributed by atoms with Crippen LogP contribution in [0.15, 0.2) is 118 Å². The molecule has 1 saturated heterocycles. The number of hydrogen-bond acceptors (Lipinski definition) is 16. The summed E-state index contributed by atoms with van der Waals surface area (Å²) >= 11 is 9.12. The number of aliphatic hydroxyl groups is 2. The summed E-state index contributed by atoms with van der Waals surface area (Å²) in [6, 6.07) is 8.35. The van der Waals surface area contributed by atoms with Gasteiger partial charge >= 0.3 is 25.6 Å². The zero-order valence-corrected chi connectivity index (χ0v) is 48.8. The third kappa shape index (κ3) is 21.5. The molecule has 9 rings (SSSR count). The van der Waals surface area contributed by atoms with E-state index in [1.165, 1.54) is 30.3 Å². The first-order chi connectivity index (χ1) is 39.6. The molecular formula is C51H41BBr3F14N11O5. The molecule has 0 spiro atoms. The van der Waals surface area contributed by atoms with Crippen LogP contribution in [0.25, 0.3) is 22.5 Å². The number of alkyl halides is 9. The van der Waals surface area contributed by atoms with Crippen LogP contribution in [0.4, 0.5) is 61.5 Å². The van der Waals surface area contributed by atoms with Gasteiger partial charge in [-0.3, -0.25) is 14.8 Å². The van der Waals surface area contributed by atoms with Crippen LogP contribution in [-0.4, -0.2) is 89.6 Å². The molecule has 34 heteroatoms. The predicted molar refractivity (Wildman–Crippen MR) is 285 cm³/mol. The number of aryl methyl sites for hydroxylation is 1. The second-order valence-corrected chi connectivity index (χ2v) is 20.0. The molecule has 2 N–H and O–H groups in total. The maximum atomic E-state index is 13.3. The highest BCUT2D eigenvalue weighted by atomic mass is 79.9. The third-order valence-corrected chi connectivity index (χ3v) is 12.4. The minimum absolute atomic E-state index is 0.00935. The van der Waals surface area contributed by atoms with Gasteiger partial charge in [0.1, 0.15) is 37.1 Å². The lowest BCUT2D eigenvalue weighted by molar-refractivity contribution is -0.145. The maximum absolute atomic E-state index is 13.3. The Morgan fingerprint density at radius 3 is 1.20 bits per heavy atom. The Kier molecular flexibility index (Phi) is 25.6. The lowest BCUT2D eigenvalue weighted by Crippen LogP contribution is -2.41. The molecule has 85 heavy (non-hydrogen) atoms. The van der Waals surface area contributed by atoms with E-state index in [4.69, 9.17) is 19.5 Å². The van der Waals surface area contributed by atoms with Crippen molar-refractivity contribution in [1.29, 1.82) is 0 Å². The van der Waals surface area contributed by atoms with E-state index >= 15 is 0 Å². The van der Waals surface area contributed by atoms with Gasteiger partial charge in [-0.15, -0.1) is 0 Å². The molecule has 1 fully saturated rings. The van der Waals surface area contributed by atoms with Crippen molar-refractivity contribution in [2.45, 2.75) is 84.0 Å². The monoisotopic (exact) mass is 1400 g/mol. The Balaban J connectivity index is 0.000000225.